The number of carboxylic acid groups (broad SMARTS) is 1. The monoisotopic (exact) mass is 214 g/mol. The van der Waals surface area contributed by atoms with Gasteiger partial charge in [0, 0.05) is 4.90 Å². The van der Waals surface area contributed by atoms with E-state index >= 15 is 0 Å². The fraction of sp³-hybridized carbons (Fsp3) is 0.222. The summed E-state index contributed by atoms with van der Waals surface area (Å²) in [5, 5.41) is 26.2. The third kappa shape index (κ3) is 2.56. The molecule has 1 aromatic rings. The van der Waals surface area contributed by atoms with E-state index in [-0.39, 0.29) is 11.5 Å². The lowest BCUT2D eigenvalue weighted by molar-refractivity contribution is -0.136. The van der Waals surface area contributed by atoms with Gasteiger partial charge in [0.25, 0.3) is 0 Å². The molecule has 0 aliphatic heterocycles. The topological polar surface area (TPSA) is 77.8 Å². The summed E-state index contributed by atoms with van der Waals surface area (Å²) >= 11 is 1.10. The molecule has 76 valence electrons. The van der Waals surface area contributed by atoms with Crippen LogP contribution in [0.4, 0.5) is 0 Å². The van der Waals surface area contributed by atoms with Crippen molar-refractivity contribution < 1.29 is 20.1 Å². The molecule has 0 saturated heterocycles. The van der Waals surface area contributed by atoms with Gasteiger partial charge in [-0.2, -0.15) is 0 Å². The van der Waals surface area contributed by atoms with E-state index in [2.05, 4.69) is 0 Å². The molecule has 14 heavy (non-hydrogen) atoms. The van der Waals surface area contributed by atoms with E-state index in [4.69, 9.17) is 15.3 Å². The van der Waals surface area contributed by atoms with Gasteiger partial charge in [-0.3, -0.25) is 4.79 Å². The minimum atomic E-state index is -0.914. The summed E-state index contributed by atoms with van der Waals surface area (Å²) in [5.41, 5.74) is 0. The van der Waals surface area contributed by atoms with Crippen molar-refractivity contribution in [2.75, 3.05) is 0 Å². The normalized spacial score (nSPS) is 12.4. The number of rotatable bonds is 3. The van der Waals surface area contributed by atoms with E-state index in [1.54, 1.807) is 13.0 Å². The van der Waals surface area contributed by atoms with Crippen LogP contribution in [0.25, 0.3) is 0 Å². The van der Waals surface area contributed by atoms with Gasteiger partial charge >= 0.3 is 5.97 Å². The highest BCUT2D eigenvalue weighted by molar-refractivity contribution is 8.00. The largest absolute Gasteiger partial charge is 0.504 e. The van der Waals surface area contributed by atoms with Crippen molar-refractivity contribution in [2.45, 2.75) is 17.1 Å². The Morgan fingerprint density at radius 3 is 2.50 bits per heavy atom. The van der Waals surface area contributed by atoms with E-state index in [0.29, 0.717) is 4.90 Å². The van der Waals surface area contributed by atoms with Crippen molar-refractivity contribution in [2.24, 2.45) is 0 Å². The number of benzene rings is 1. The number of carboxylic acids is 1. The summed E-state index contributed by atoms with van der Waals surface area (Å²) in [6, 6.07) is 4.21. The van der Waals surface area contributed by atoms with Crippen molar-refractivity contribution in [3.63, 3.8) is 0 Å². The second kappa shape index (κ2) is 4.23. The number of carbonyl (C=O) groups is 1. The van der Waals surface area contributed by atoms with Crippen LogP contribution in [-0.4, -0.2) is 26.5 Å². The molecule has 0 spiro atoms. The molecule has 0 amide bonds. The van der Waals surface area contributed by atoms with Gasteiger partial charge in [-0.25, -0.2) is 0 Å². The maximum Gasteiger partial charge on any atom is 0.316 e. The summed E-state index contributed by atoms with van der Waals surface area (Å²) in [5.74, 6) is -1.37. The predicted molar refractivity (Wildman–Crippen MR) is 52.7 cm³/mol. The molecule has 0 heterocycles. The summed E-state index contributed by atoms with van der Waals surface area (Å²) in [6.45, 7) is 1.55. The Morgan fingerprint density at radius 1 is 1.36 bits per heavy atom. The molecule has 1 atom stereocenters. The Labute approximate surface area is 85.2 Å². The number of hydrogen-bond acceptors (Lipinski definition) is 4. The smallest absolute Gasteiger partial charge is 0.316 e. The Hall–Kier alpha value is -1.36. The van der Waals surface area contributed by atoms with Crippen molar-refractivity contribution in [1.82, 2.24) is 0 Å². The van der Waals surface area contributed by atoms with Crippen LogP contribution in [0.5, 0.6) is 11.5 Å². The highest BCUT2D eigenvalue weighted by atomic mass is 32.2. The Kier molecular flexibility index (Phi) is 3.24. The average molecular weight is 214 g/mol. The van der Waals surface area contributed by atoms with Crippen LogP contribution < -0.4 is 0 Å². The Morgan fingerprint density at radius 2 is 2.00 bits per heavy atom. The van der Waals surface area contributed by atoms with Gasteiger partial charge in [0.05, 0.1) is 0 Å². The minimum Gasteiger partial charge on any atom is -0.504 e. The highest BCUT2D eigenvalue weighted by Crippen LogP contribution is 2.31. The predicted octanol–water partition coefficient (Wildman–Crippen LogP) is 1.66. The highest BCUT2D eigenvalue weighted by Gasteiger charge is 2.13. The van der Waals surface area contributed by atoms with Gasteiger partial charge in [0.15, 0.2) is 11.5 Å². The Balaban J connectivity index is 2.78. The van der Waals surface area contributed by atoms with Crippen LogP contribution in [-0.2, 0) is 4.79 Å². The molecule has 5 heteroatoms. The number of thioether (sulfide) groups is 1. The van der Waals surface area contributed by atoms with E-state index < -0.39 is 11.2 Å². The molecule has 1 rings (SSSR count). The van der Waals surface area contributed by atoms with Crippen LogP contribution in [0.15, 0.2) is 23.1 Å². The van der Waals surface area contributed by atoms with E-state index in [0.717, 1.165) is 11.8 Å². The van der Waals surface area contributed by atoms with Crippen LogP contribution in [0, 0.1) is 0 Å². The van der Waals surface area contributed by atoms with Crippen molar-refractivity contribution in [3.05, 3.63) is 18.2 Å². The first-order valence-corrected chi connectivity index (χ1v) is 4.80. The fourth-order valence-corrected chi connectivity index (χ4v) is 1.67. The van der Waals surface area contributed by atoms with Crippen LogP contribution in [0.2, 0.25) is 0 Å². The maximum absolute atomic E-state index is 10.5. The molecule has 0 radical (unpaired) electrons. The average Bonchev–Trinajstić information content (AvgIpc) is 2.11. The molecule has 1 aromatic carbocycles. The Bertz CT molecular complexity index is 351. The third-order valence-electron chi connectivity index (χ3n) is 1.61. The number of aromatic hydroxyl groups is 2. The number of phenols is 2. The van der Waals surface area contributed by atoms with Gasteiger partial charge < -0.3 is 15.3 Å². The van der Waals surface area contributed by atoms with Gasteiger partial charge in [0.1, 0.15) is 5.25 Å². The second-order valence-corrected chi connectivity index (χ2v) is 4.16. The van der Waals surface area contributed by atoms with E-state index in [1.807, 2.05) is 0 Å². The SMILES string of the molecule is CC(Sc1ccc(O)c(O)c1)C(=O)O. The van der Waals surface area contributed by atoms with E-state index in [1.165, 1.54) is 12.1 Å². The summed E-state index contributed by atoms with van der Waals surface area (Å²) in [4.78, 5) is 11.1. The number of hydrogen-bond donors (Lipinski definition) is 3. The van der Waals surface area contributed by atoms with Crippen molar-refractivity contribution in [1.29, 1.82) is 0 Å². The first-order chi connectivity index (χ1) is 6.50. The van der Waals surface area contributed by atoms with Crippen molar-refractivity contribution in [3.8, 4) is 11.5 Å². The first kappa shape index (κ1) is 10.7. The second-order valence-electron chi connectivity index (χ2n) is 2.75. The molecule has 0 bridgehead atoms. The quantitative estimate of drug-likeness (QED) is 0.527. The molecule has 0 aliphatic carbocycles. The van der Waals surface area contributed by atoms with Gasteiger partial charge in [-0.15, -0.1) is 11.8 Å². The molecule has 4 nitrogen and oxygen atoms in total. The molecular formula is C9H10O4S. The van der Waals surface area contributed by atoms with Gasteiger partial charge in [-0.05, 0) is 25.1 Å². The zero-order chi connectivity index (χ0) is 10.7. The zero-order valence-corrected chi connectivity index (χ0v) is 8.28. The fourth-order valence-electron chi connectivity index (χ4n) is 0.831. The van der Waals surface area contributed by atoms with E-state index in [9.17, 15) is 4.79 Å². The van der Waals surface area contributed by atoms with Crippen LogP contribution in [0.1, 0.15) is 6.92 Å². The molecule has 0 aromatic heterocycles. The minimum absolute atomic E-state index is 0.211. The molecule has 0 fully saturated rings. The van der Waals surface area contributed by atoms with Crippen LogP contribution >= 0.6 is 11.8 Å². The molecule has 3 N–H and O–H groups in total. The summed E-state index contributed by atoms with van der Waals surface area (Å²) in [6.07, 6.45) is 0. The zero-order valence-electron chi connectivity index (χ0n) is 7.47. The molecule has 0 saturated carbocycles. The lowest BCUT2D eigenvalue weighted by atomic mass is 10.3. The number of aliphatic carboxylic acids is 1. The summed E-state index contributed by atoms with van der Waals surface area (Å²) in [7, 11) is 0. The lowest BCUT2D eigenvalue weighted by Crippen LogP contribution is -2.10. The van der Waals surface area contributed by atoms with Gasteiger partial charge in [-0.1, -0.05) is 0 Å². The molecule has 1 unspecified atom stereocenters. The van der Waals surface area contributed by atoms with Crippen molar-refractivity contribution >= 4 is 17.7 Å². The summed E-state index contributed by atoms with van der Waals surface area (Å²) < 4.78 is 0. The third-order valence-corrected chi connectivity index (χ3v) is 2.69. The standard InChI is InChI=1S/C9H10O4S/c1-5(9(12)13)14-6-2-3-7(10)8(11)4-6/h2-5,10-11H,1H3,(H,12,13). The van der Waals surface area contributed by atoms with Crippen LogP contribution in [0.3, 0.4) is 0 Å². The first-order valence-electron chi connectivity index (χ1n) is 3.92. The molecule has 0 aliphatic rings. The maximum atomic E-state index is 10.5. The lowest BCUT2D eigenvalue weighted by Gasteiger charge is -2.06. The van der Waals surface area contributed by atoms with Gasteiger partial charge in [0.2, 0.25) is 0 Å². The number of phenolic OH excluding ortho intramolecular Hbond substituents is 2. The molecular weight excluding hydrogens is 204 g/mol.